The lowest BCUT2D eigenvalue weighted by Crippen LogP contribution is -2.21. The molecule has 0 bridgehead atoms. The second kappa shape index (κ2) is 5.44. The van der Waals surface area contributed by atoms with E-state index in [-0.39, 0.29) is 5.56 Å². The van der Waals surface area contributed by atoms with Crippen molar-refractivity contribution >= 4 is 5.69 Å². The Hall–Kier alpha value is -2.17. The predicted octanol–water partition coefficient (Wildman–Crippen LogP) is 1.43. The van der Waals surface area contributed by atoms with Crippen LogP contribution in [0.2, 0.25) is 0 Å². The smallest absolute Gasteiger partial charge is 0.253 e. The molecule has 0 saturated carbocycles. The number of anilines is 1. The minimum Gasteiger partial charge on any atom is -0.385 e. The van der Waals surface area contributed by atoms with E-state index in [2.05, 4.69) is 15.3 Å². The van der Waals surface area contributed by atoms with Gasteiger partial charge in [-0.15, -0.1) is 0 Å². The van der Waals surface area contributed by atoms with Crippen LogP contribution in [0.15, 0.2) is 35.5 Å². The van der Waals surface area contributed by atoms with Gasteiger partial charge in [-0.25, -0.2) is 4.98 Å². The lowest BCUT2D eigenvalue weighted by molar-refractivity contribution is 0.714. The van der Waals surface area contributed by atoms with Crippen LogP contribution in [0.1, 0.15) is 18.3 Å². The highest BCUT2D eigenvalue weighted by atomic mass is 16.1. The van der Waals surface area contributed by atoms with Gasteiger partial charge in [-0.3, -0.25) is 14.3 Å². The van der Waals surface area contributed by atoms with E-state index in [9.17, 15) is 4.79 Å². The summed E-state index contributed by atoms with van der Waals surface area (Å²) in [5.74, 6) is 0. The van der Waals surface area contributed by atoms with E-state index < -0.39 is 0 Å². The third-order valence-electron chi connectivity index (χ3n) is 2.55. The molecule has 1 N–H and O–H groups in total. The molecule has 0 aliphatic carbocycles. The zero-order valence-corrected chi connectivity index (χ0v) is 10.6. The van der Waals surface area contributed by atoms with Crippen molar-refractivity contribution in [2.24, 2.45) is 0 Å². The molecule has 0 saturated heterocycles. The second-order valence-electron chi connectivity index (χ2n) is 4.06. The topological polar surface area (TPSA) is 59.8 Å². The zero-order chi connectivity index (χ0) is 13.0. The number of pyridine rings is 1. The fraction of sp³-hybridized carbons (Fsp3) is 0.308. The molecule has 5 heteroatoms. The minimum absolute atomic E-state index is 0.0573. The molecule has 0 amide bonds. The predicted molar refractivity (Wildman–Crippen MR) is 70.7 cm³/mol. The van der Waals surface area contributed by atoms with Gasteiger partial charge in [0.1, 0.15) is 0 Å². The Morgan fingerprint density at radius 1 is 1.33 bits per heavy atom. The highest BCUT2D eigenvalue weighted by Gasteiger charge is 2.01. The molecule has 2 heterocycles. The maximum Gasteiger partial charge on any atom is 0.253 e. The Morgan fingerprint density at radius 3 is 2.89 bits per heavy atom. The summed E-state index contributed by atoms with van der Waals surface area (Å²) in [7, 11) is 0. The van der Waals surface area contributed by atoms with Gasteiger partial charge < -0.3 is 5.32 Å². The van der Waals surface area contributed by atoms with Crippen molar-refractivity contribution < 1.29 is 0 Å². The first-order valence-electron chi connectivity index (χ1n) is 5.91. The Labute approximate surface area is 106 Å². The monoisotopic (exact) mass is 244 g/mol. The van der Waals surface area contributed by atoms with Crippen molar-refractivity contribution in [2.75, 3.05) is 11.9 Å². The first-order chi connectivity index (χ1) is 8.69. The maximum absolute atomic E-state index is 11.7. The molecule has 2 aromatic heterocycles. The largest absolute Gasteiger partial charge is 0.385 e. The van der Waals surface area contributed by atoms with Crippen molar-refractivity contribution in [2.45, 2.75) is 20.4 Å². The molecule has 0 aromatic carbocycles. The van der Waals surface area contributed by atoms with Crippen molar-refractivity contribution in [3.8, 4) is 0 Å². The summed E-state index contributed by atoms with van der Waals surface area (Å²) in [6.07, 6.45) is 3.29. The highest BCUT2D eigenvalue weighted by Crippen LogP contribution is 2.08. The van der Waals surface area contributed by atoms with Gasteiger partial charge in [0, 0.05) is 30.2 Å². The fourth-order valence-corrected chi connectivity index (χ4v) is 1.69. The number of aryl methyl sites for hydroxylation is 1. The standard InChI is InChI=1S/C13H16N4O/c1-3-14-11-4-5-15-12(7-11)8-17-9-16-10(2)6-13(17)18/h4-7,9H,3,8H2,1-2H3,(H,14,15). The van der Waals surface area contributed by atoms with Crippen LogP contribution in [-0.4, -0.2) is 21.1 Å². The van der Waals surface area contributed by atoms with Crippen molar-refractivity contribution in [1.29, 1.82) is 0 Å². The van der Waals surface area contributed by atoms with Gasteiger partial charge in [-0.05, 0) is 26.0 Å². The van der Waals surface area contributed by atoms with Crippen molar-refractivity contribution in [3.05, 3.63) is 52.5 Å². The Morgan fingerprint density at radius 2 is 2.17 bits per heavy atom. The first-order valence-corrected chi connectivity index (χ1v) is 5.91. The van der Waals surface area contributed by atoms with Gasteiger partial charge in [-0.2, -0.15) is 0 Å². The molecular formula is C13H16N4O. The second-order valence-corrected chi connectivity index (χ2v) is 4.06. The Kier molecular flexibility index (Phi) is 3.72. The quantitative estimate of drug-likeness (QED) is 0.883. The summed E-state index contributed by atoms with van der Waals surface area (Å²) in [6.45, 7) is 5.13. The summed E-state index contributed by atoms with van der Waals surface area (Å²) in [5, 5.41) is 3.21. The molecule has 0 fully saturated rings. The van der Waals surface area contributed by atoms with Gasteiger partial charge in [0.15, 0.2) is 0 Å². The van der Waals surface area contributed by atoms with E-state index in [1.165, 1.54) is 6.07 Å². The minimum atomic E-state index is -0.0573. The number of hydrogen-bond donors (Lipinski definition) is 1. The van der Waals surface area contributed by atoms with Crippen LogP contribution < -0.4 is 10.9 Å². The third-order valence-corrected chi connectivity index (χ3v) is 2.55. The van der Waals surface area contributed by atoms with Crippen molar-refractivity contribution in [1.82, 2.24) is 14.5 Å². The molecule has 0 spiro atoms. The number of rotatable bonds is 4. The molecule has 0 unspecified atom stereocenters. The molecular weight excluding hydrogens is 228 g/mol. The van der Waals surface area contributed by atoms with Crippen LogP contribution in [0.4, 0.5) is 5.69 Å². The normalized spacial score (nSPS) is 10.3. The zero-order valence-electron chi connectivity index (χ0n) is 10.6. The molecule has 94 valence electrons. The summed E-state index contributed by atoms with van der Waals surface area (Å²) in [6, 6.07) is 5.37. The average molecular weight is 244 g/mol. The molecule has 0 radical (unpaired) electrons. The molecule has 0 atom stereocenters. The summed E-state index contributed by atoms with van der Waals surface area (Å²) in [4.78, 5) is 20.1. The Balaban J connectivity index is 2.23. The molecule has 18 heavy (non-hydrogen) atoms. The van der Waals surface area contributed by atoms with Crippen LogP contribution in [0.5, 0.6) is 0 Å². The van der Waals surface area contributed by atoms with Crippen LogP contribution in [0.25, 0.3) is 0 Å². The summed E-state index contributed by atoms with van der Waals surface area (Å²) >= 11 is 0. The first kappa shape index (κ1) is 12.3. The maximum atomic E-state index is 11.7. The van der Waals surface area contributed by atoms with Crippen molar-refractivity contribution in [3.63, 3.8) is 0 Å². The Bertz CT molecular complexity index is 592. The molecule has 2 rings (SSSR count). The lowest BCUT2D eigenvalue weighted by Gasteiger charge is -2.07. The molecule has 0 aliphatic rings. The van der Waals surface area contributed by atoms with E-state index in [1.54, 1.807) is 24.0 Å². The summed E-state index contributed by atoms with van der Waals surface area (Å²) < 4.78 is 1.55. The molecule has 2 aromatic rings. The summed E-state index contributed by atoms with van der Waals surface area (Å²) in [5.41, 5.74) is 2.51. The SMILES string of the molecule is CCNc1ccnc(Cn2cnc(C)cc2=O)c1. The fourth-order valence-electron chi connectivity index (χ4n) is 1.69. The number of aromatic nitrogens is 3. The van der Waals surface area contributed by atoms with Gasteiger partial charge >= 0.3 is 0 Å². The van der Waals surface area contributed by atoms with Gasteiger partial charge in [0.25, 0.3) is 5.56 Å². The lowest BCUT2D eigenvalue weighted by atomic mass is 10.3. The molecule has 0 aliphatic heterocycles. The number of hydrogen-bond acceptors (Lipinski definition) is 4. The van der Waals surface area contributed by atoms with Gasteiger partial charge in [0.05, 0.1) is 18.6 Å². The van der Waals surface area contributed by atoms with E-state index >= 15 is 0 Å². The van der Waals surface area contributed by atoms with E-state index in [0.717, 1.165) is 23.6 Å². The van der Waals surface area contributed by atoms with Gasteiger partial charge in [-0.1, -0.05) is 0 Å². The average Bonchev–Trinajstić information content (AvgIpc) is 2.34. The van der Waals surface area contributed by atoms with E-state index in [4.69, 9.17) is 0 Å². The highest BCUT2D eigenvalue weighted by molar-refractivity contribution is 5.42. The van der Waals surface area contributed by atoms with E-state index in [1.807, 2.05) is 19.1 Å². The van der Waals surface area contributed by atoms with Gasteiger partial charge in [0.2, 0.25) is 0 Å². The number of nitrogens with zero attached hydrogens (tertiary/aromatic N) is 3. The third kappa shape index (κ3) is 2.94. The van der Waals surface area contributed by atoms with Crippen LogP contribution in [0, 0.1) is 6.92 Å². The van der Waals surface area contributed by atoms with E-state index in [0.29, 0.717) is 6.54 Å². The van der Waals surface area contributed by atoms with Crippen LogP contribution >= 0.6 is 0 Å². The van der Waals surface area contributed by atoms with Crippen LogP contribution in [0.3, 0.4) is 0 Å². The van der Waals surface area contributed by atoms with Crippen LogP contribution in [-0.2, 0) is 6.54 Å². The number of nitrogens with one attached hydrogen (secondary N) is 1. The molecule has 5 nitrogen and oxygen atoms in total.